The Balaban J connectivity index is 1.36. The van der Waals surface area contributed by atoms with Crippen LogP contribution in [0.3, 0.4) is 0 Å². The Hall–Kier alpha value is -2.94. The first-order valence-electron chi connectivity index (χ1n) is 11.1. The van der Waals surface area contributed by atoms with Crippen LogP contribution in [0.1, 0.15) is 73.7 Å². The smallest absolute Gasteiger partial charge is 0.109 e. The van der Waals surface area contributed by atoms with E-state index < -0.39 is 0 Å². The van der Waals surface area contributed by atoms with Crippen molar-refractivity contribution in [2.75, 3.05) is 0 Å². The zero-order valence-electron chi connectivity index (χ0n) is 18.1. The second-order valence-corrected chi connectivity index (χ2v) is 9.64. The monoisotopic (exact) mass is 393 g/mol. The number of allylic oxidation sites excluding steroid dienone is 1. The Labute approximate surface area is 178 Å². The van der Waals surface area contributed by atoms with Crippen molar-refractivity contribution in [3.05, 3.63) is 70.3 Å². The molecule has 2 aliphatic carbocycles. The van der Waals surface area contributed by atoms with Crippen molar-refractivity contribution in [1.29, 1.82) is 0 Å². The third-order valence-electron chi connectivity index (χ3n) is 6.86. The molecule has 0 saturated carbocycles. The first kappa shape index (κ1) is 17.9. The zero-order chi connectivity index (χ0) is 20.6. The minimum absolute atomic E-state index is 0.414. The summed E-state index contributed by atoms with van der Waals surface area (Å²) in [6.45, 7) is 8.82. The highest BCUT2D eigenvalue weighted by Gasteiger charge is 2.31. The molecule has 1 aromatic heterocycles. The van der Waals surface area contributed by atoms with Gasteiger partial charge in [0.1, 0.15) is 5.82 Å². The molecule has 6 rings (SSSR count). The molecule has 0 atom stereocenters. The number of hydrogen-bond donors (Lipinski definition) is 1. The molecule has 2 aromatic carbocycles. The van der Waals surface area contributed by atoms with Crippen LogP contribution in [0.25, 0.3) is 28.0 Å². The molecule has 1 N–H and O–H groups in total. The molecular weight excluding hydrogens is 366 g/mol. The van der Waals surface area contributed by atoms with Gasteiger partial charge in [0.25, 0.3) is 0 Å². The molecule has 0 unspecified atom stereocenters. The zero-order valence-corrected chi connectivity index (χ0v) is 18.1. The Bertz CT molecular complexity index is 1220. The number of hydrogen-bond acceptors (Lipinski definition) is 2. The van der Waals surface area contributed by atoms with Crippen LogP contribution >= 0.6 is 0 Å². The summed E-state index contributed by atoms with van der Waals surface area (Å²) in [6.07, 6.45) is 7.13. The molecule has 2 heterocycles. The van der Waals surface area contributed by atoms with E-state index in [2.05, 4.69) is 73.1 Å². The summed E-state index contributed by atoms with van der Waals surface area (Å²) in [5, 5.41) is 0. The highest BCUT2D eigenvalue weighted by molar-refractivity contribution is 6.00. The maximum absolute atomic E-state index is 4.68. The summed E-state index contributed by atoms with van der Waals surface area (Å²) < 4.78 is 0. The van der Waals surface area contributed by atoms with Gasteiger partial charge in [0.05, 0.1) is 11.9 Å². The molecule has 3 aliphatic rings. The van der Waals surface area contributed by atoms with Gasteiger partial charge in [-0.05, 0) is 75.4 Å². The summed E-state index contributed by atoms with van der Waals surface area (Å²) in [6, 6.07) is 9.59. The number of aliphatic imine (C=N–C) groups is 1. The first-order valence-corrected chi connectivity index (χ1v) is 11.1. The number of aromatic nitrogens is 2. The normalized spacial score (nSPS) is 15.9. The van der Waals surface area contributed by atoms with Crippen molar-refractivity contribution in [2.45, 2.75) is 52.9 Å². The van der Waals surface area contributed by atoms with E-state index in [1.165, 1.54) is 55.8 Å². The molecule has 0 radical (unpaired) electrons. The fraction of sp³-hybridized carbons (Fsp3) is 0.333. The summed E-state index contributed by atoms with van der Waals surface area (Å²) in [7, 11) is 0. The van der Waals surface area contributed by atoms with Crippen molar-refractivity contribution in [1.82, 2.24) is 9.97 Å². The number of nitrogens with zero attached hydrogens (tertiary/aromatic N) is 2. The molecule has 30 heavy (non-hydrogen) atoms. The Morgan fingerprint density at radius 3 is 1.87 bits per heavy atom. The number of aromatic amines is 1. The highest BCUT2D eigenvalue weighted by atomic mass is 14.9. The van der Waals surface area contributed by atoms with E-state index in [0.717, 1.165) is 30.8 Å². The lowest BCUT2D eigenvalue weighted by Crippen LogP contribution is -2.04. The molecule has 3 aromatic rings. The van der Waals surface area contributed by atoms with Gasteiger partial charge < -0.3 is 4.98 Å². The van der Waals surface area contributed by atoms with E-state index in [0.29, 0.717) is 11.8 Å². The summed E-state index contributed by atoms with van der Waals surface area (Å²) >= 11 is 0. The summed E-state index contributed by atoms with van der Waals surface area (Å²) in [5.41, 5.74) is 15.3. The average molecular weight is 394 g/mol. The summed E-state index contributed by atoms with van der Waals surface area (Å²) in [4.78, 5) is 12.8. The van der Waals surface area contributed by atoms with E-state index in [4.69, 9.17) is 0 Å². The number of benzene rings is 2. The minimum Gasteiger partial charge on any atom is -0.342 e. The standard InChI is InChI=1S/C27H27N3/c1-14(2)23-11-22(12-28-23)16-5-18-9-20-7-17(24-13-29-27(30-24)15(3)4)8-21-10-19(6-16)25(18)26(20)21/h5-8,12-15H,9-11H2,1-4H3,(H,29,30). The lowest BCUT2D eigenvalue weighted by atomic mass is 9.93. The first-order chi connectivity index (χ1) is 14.5. The van der Waals surface area contributed by atoms with Gasteiger partial charge in [-0.15, -0.1) is 0 Å². The van der Waals surface area contributed by atoms with Gasteiger partial charge in [-0.1, -0.05) is 39.8 Å². The van der Waals surface area contributed by atoms with Gasteiger partial charge in [-0.25, -0.2) is 4.98 Å². The van der Waals surface area contributed by atoms with Crippen LogP contribution in [0.5, 0.6) is 0 Å². The van der Waals surface area contributed by atoms with Crippen LogP contribution in [0, 0.1) is 5.92 Å². The van der Waals surface area contributed by atoms with E-state index in [9.17, 15) is 0 Å². The Morgan fingerprint density at radius 1 is 0.767 bits per heavy atom. The number of H-pyrrole nitrogens is 1. The van der Waals surface area contributed by atoms with Gasteiger partial charge in [-0.3, -0.25) is 4.99 Å². The predicted octanol–water partition coefficient (Wildman–Crippen LogP) is 6.52. The van der Waals surface area contributed by atoms with Crippen molar-refractivity contribution >= 4 is 11.3 Å². The molecule has 0 amide bonds. The van der Waals surface area contributed by atoms with Crippen molar-refractivity contribution in [2.24, 2.45) is 10.9 Å². The van der Waals surface area contributed by atoms with Crippen molar-refractivity contribution in [3.8, 4) is 22.4 Å². The third-order valence-corrected chi connectivity index (χ3v) is 6.86. The van der Waals surface area contributed by atoms with Gasteiger partial charge in [0.2, 0.25) is 0 Å². The molecule has 0 spiro atoms. The van der Waals surface area contributed by atoms with Crippen LogP contribution in [0.2, 0.25) is 0 Å². The lowest BCUT2D eigenvalue weighted by Gasteiger charge is -2.11. The number of imidazole rings is 1. The van der Waals surface area contributed by atoms with Gasteiger partial charge in [-0.2, -0.15) is 0 Å². The lowest BCUT2D eigenvalue weighted by molar-refractivity contribution is 0.795. The van der Waals surface area contributed by atoms with Crippen LogP contribution < -0.4 is 0 Å². The van der Waals surface area contributed by atoms with Gasteiger partial charge >= 0.3 is 0 Å². The summed E-state index contributed by atoms with van der Waals surface area (Å²) in [5.74, 6) is 1.99. The molecule has 3 nitrogen and oxygen atoms in total. The second-order valence-electron chi connectivity index (χ2n) is 9.64. The molecule has 0 saturated heterocycles. The maximum atomic E-state index is 4.68. The minimum atomic E-state index is 0.414. The van der Waals surface area contributed by atoms with E-state index in [-0.39, 0.29) is 0 Å². The average Bonchev–Trinajstić information content (AvgIpc) is 3.49. The number of nitrogens with one attached hydrogen (secondary N) is 1. The topological polar surface area (TPSA) is 41.0 Å². The number of rotatable bonds is 4. The van der Waals surface area contributed by atoms with Crippen LogP contribution in [-0.2, 0) is 12.8 Å². The van der Waals surface area contributed by atoms with Crippen LogP contribution in [0.4, 0.5) is 0 Å². The molecule has 1 aliphatic heterocycles. The maximum Gasteiger partial charge on any atom is 0.109 e. The Morgan fingerprint density at radius 2 is 1.37 bits per heavy atom. The van der Waals surface area contributed by atoms with E-state index in [1.807, 2.05) is 6.20 Å². The molecule has 3 heteroatoms. The molecule has 0 fully saturated rings. The van der Waals surface area contributed by atoms with Crippen molar-refractivity contribution in [3.63, 3.8) is 0 Å². The fourth-order valence-corrected chi connectivity index (χ4v) is 5.24. The van der Waals surface area contributed by atoms with E-state index >= 15 is 0 Å². The fourth-order valence-electron chi connectivity index (χ4n) is 5.24. The second kappa shape index (κ2) is 6.28. The molecule has 0 bridgehead atoms. The SMILES string of the molecule is CC(C)C1=NC=C(c2cc3c4c(c2)Cc2cc(-c5cnc(C(C)C)[nH]5)cc(c2-4)C3)C1. The van der Waals surface area contributed by atoms with Gasteiger partial charge in [0.15, 0.2) is 0 Å². The van der Waals surface area contributed by atoms with Crippen LogP contribution in [-0.4, -0.2) is 15.7 Å². The highest BCUT2D eigenvalue weighted by Crippen LogP contribution is 2.49. The predicted molar refractivity (Wildman–Crippen MR) is 124 cm³/mol. The van der Waals surface area contributed by atoms with Crippen LogP contribution in [0.15, 0.2) is 41.7 Å². The largest absolute Gasteiger partial charge is 0.342 e. The third kappa shape index (κ3) is 2.57. The van der Waals surface area contributed by atoms with Crippen molar-refractivity contribution < 1.29 is 0 Å². The molecule has 150 valence electrons. The van der Waals surface area contributed by atoms with Gasteiger partial charge in [0, 0.05) is 29.8 Å². The Kier molecular flexibility index (Phi) is 3.74. The van der Waals surface area contributed by atoms with E-state index in [1.54, 1.807) is 0 Å². The molecular formula is C27H27N3. The quantitative estimate of drug-likeness (QED) is 0.371.